The van der Waals surface area contributed by atoms with Crippen LogP contribution in [0.15, 0.2) is 11.4 Å². The van der Waals surface area contributed by atoms with Gasteiger partial charge in [0.1, 0.15) is 10.6 Å². The van der Waals surface area contributed by atoms with Crippen LogP contribution in [0.4, 0.5) is 0 Å². The maximum absolute atomic E-state index is 12.0. The summed E-state index contributed by atoms with van der Waals surface area (Å²) in [5.41, 5.74) is 0. The molecule has 1 unspecified atom stereocenters. The summed E-state index contributed by atoms with van der Waals surface area (Å²) in [7, 11) is 3.38. The molecule has 0 spiro atoms. The Bertz CT molecular complexity index is 340. The number of carbonyl (C=O) groups excluding carboxylic acids is 1. The summed E-state index contributed by atoms with van der Waals surface area (Å²) in [6.45, 7) is 1.99. The van der Waals surface area contributed by atoms with Gasteiger partial charge in [0.05, 0.1) is 7.11 Å². The Labute approximate surface area is 102 Å². The average molecular weight is 292 g/mol. The van der Waals surface area contributed by atoms with Gasteiger partial charge in [0, 0.05) is 18.4 Å². The Morgan fingerprint density at radius 3 is 2.93 bits per heavy atom. The molecule has 0 radical (unpaired) electrons. The van der Waals surface area contributed by atoms with Gasteiger partial charge in [-0.2, -0.15) is 0 Å². The van der Waals surface area contributed by atoms with Gasteiger partial charge in [0.2, 0.25) is 0 Å². The first kappa shape index (κ1) is 12.5. The van der Waals surface area contributed by atoms with E-state index in [0.717, 1.165) is 5.33 Å². The Morgan fingerprint density at radius 2 is 2.40 bits per heavy atom. The van der Waals surface area contributed by atoms with Crippen molar-refractivity contribution < 1.29 is 9.53 Å². The number of hydrogen-bond acceptors (Lipinski definition) is 3. The number of amides is 1. The summed E-state index contributed by atoms with van der Waals surface area (Å²) in [6, 6.07) is 1.98. The summed E-state index contributed by atoms with van der Waals surface area (Å²) in [5.74, 6) is 0.660. The third kappa shape index (κ3) is 2.72. The molecule has 0 aromatic carbocycles. The minimum absolute atomic E-state index is 0.00815. The number of alkyl halides is 1. The molecular formula is C10H14BrNO2S. The van der Waals surface area contributed by atoms with Crippen LogP contribution in [0.25, 0.3) is 0 Å². The average Bonchev–Trinajstić information content (AvgIpc) is 2.73. The molecular weight excluding hydrogens is 278 g/mol. The molecule has 0 saturated heterocycles. The lowest BCUT2D eigenvalue weighted by Gasteiger charge is -2.22. The highest BCUT2D eigenvalue weighted by molar-refractivity contribution is 9.09. The van der Waals surface area contributed by atoms with E-state index >= 15 is 0 Å². The molecule has 0 saturated carbocycles. The van der Waals surface area contributed by atoms with Gasteiger partial charge in [0.15, 0.2) is 0 Å². The molecule has 0 bridgehead atoms. The summed E-state index contributed by atoms with van der Waals surface area (Å²) in [5, 5.41) is 2.63. The zero-order valence-corrected chi connectivity index (χ0v) is 11.4. The zero-order valence-electron chi connectivity index (χ0n) is 8.99. The lowest BCUT2D eigenvalue weighted by Crippen LogP contribution is -2.35. The number of thiophene rings is 1. The van der Waals surface area contributed by atoms with Crippen LogP contribution in [-0.2, 0) is 0 Å². The summed E-state index contributed by atoms with van der Waals surface area (Å²) in [6.07, 6.45) is 0. The standard InChI is InChI=1S/C10H14BrNO2S/c1-7(6-11)12(2)10(13)9-8(14-3)4-5-15-9/h4-5,7H,6H2,1-3H3. The highest BCUT2D eigenvalue weighted by atomic mass is 79.9. The smallest absolute Gasteiger partial charge is 0.267 e. The van der Waals surface area contributed by atoms with Crippen molar-refractivity contribution in [2.45, 2.75) is 13.0 Å². The van der Waals surface area contributed by atoms with Gasteiger partial charge in [-0.3, -0.25) is 4.79 Å². The Hall–Kier alpha value is -0.550. The number of nitrogens with zero attached hydrogens (tertiary/aromatic N) is 1. The predicted molar refractivity (Wildman–Crippen MR) is 66.2 cm³/mol. The van der Waals surface area contributed by atoms with E-state index in [4.69, 9.17) is 4.74 Å². The highest BCUT2D eigenvalue weighted by Gasteiger charge is 2.21. The lowest BCUT2D eigenvalue weighted by molar-refractivity contribution is 0.0760. The van der Waals surface area contributed by atoms with Gasteiger partial charge in [-0.25, -0.2) is 0 Å². The van der Waals surface area contributed by atoms with Crippen molar-refractivity contribution in [3.05, 3.63) is 16.3 Å². The van der Waals surface area contributed by atoms with Gasteiger partial charge in [0.25, 0.3) is 5.91 Å². The fraction of sp³-hybridized carbons (Fsp3) is 0.500. The van der Waals surface area contributed by atoms with E-state index in [1.807, 2.05) is 18.4 Å². The number of ether oxygens (including phenoxy) is 1. The molecule has 0 N–H and O–H groups in total. The third-order valence-electron chi connectivity index (χ3n) is 2.25. The fourth-order valence-corrected chi connectivity index (χ4v) is 2.35. The number of rotatable bonds is 4. The van der Waals surface area contributed by atoms with E-state index in [-0.39, 0.29) is 11.9 Å². The molecule has 3 nitrogen and oxygen atoms in total. The third-order valence-corrected chi connectivity index (χ3v) is 4.07. The van der Waals surface area contributed by atoms with Gasteiger partial charge in [-0.15, -0.1) is 11.3 Å². The van der Waals surface area contributed by atoms with Crippen molar-refractivity contribution in [2.75, 3.05) is 19.5 Å². The summed E-state index contributed by atoms with van der Waals surface area (Å²) < 4.78 is 5.12. The van der Waals surface area contributed by atoms with Crippen molar-refractivity contribution in [3.63, 3.8) is 0 Å². The van der Waals surface area contributed by atoms with Crippen molar-refractivity contribution in [1.82, 2.24) is 4.90 Å². The first-order valence-electron chi connectivity index (χ1n) is 4.56. The molecule has 1 amide bonds. The molecule has 0 fully saturated rings. The number of methoxy groups -OCH3 is 1. The van der Waals surface area contributed by atoms with Gasteiger partial charge in [-0.1, -0.05) is 15.9 Å². The molecule has 0 aliphatic carbocycles. The van der Waals surface area contributed by atoms with Gasteiger partial charge >= 0.3 is 0 Å². The van der Waals surface area contributed by atoms with Crippen LogP contribution in [0, 0.1) is 0 Å². The molecule has 1 aromatic heterocycles. The SMILES string of the molecule is COc1ccsc1C(=O)N(C)C(C)CBr. The topological polar surface area (TPSA) is 29.5 Å². The van der Waals surface area contributed by atoms with Crippen molar-refractivity contribution in [3.8, 4) is 5.75 Å². The van der Waals surface area contributed by atoms with Crippen LogP contribution in [0.5, 0.6) is 5.75 Å². The second kappa shape index (κ2) is 5.51. The highest BCUT2D eigenvalue weighted by Crippen LogP contribution is 2.26. The van der Waals surface area contributed by atoms with Gasteiger partial charge in [-0.05, 0) is 18.4 Å². The van der Waals surface area contributed by atoms with E-state index < -0.39 is 0 Å². The zero-order chi connectivity index (χ0) is 11.4. The summed E-state index contributed by atoms with van der Waals surface area (Å²) in [4.78, 5) is 14.4. The monoisotopic (exact) mass is 291 g/mol. The van der Waals surface area contributed by atoms with Crippen LogP contribution < -0.4 is 4.74 Å². The quantitative estimate of drug-likeness (QED) is 0.798. The minimum Gasteiger partial charge on any atom is -0.495 e. The fourth-order valence-electron chi connectivity index (χ4n) is 1.08. The molecule has 1 atom stereocenters. The van der Waals surface area contributed by atoms with Crippen molar-refractivity contribution >= 4 is 33.2 Å². The first-order chi connectivity index (χ1) is 7.11. The molecule has 15 heavy (non-hydrogen) atoms. The van der Waals surface area contributed by atoms with Crippen LogP contribution in [0.2, 0.25) is 0 Å². The van der Waals surface area contributed by atoms with E-state index in [2.05, 4.69) is 15.9 Å². The second-order valence-corrected chi connectivity index (χ2v) is 4.80. The predicted octanol–water partition coefficient (Wildman–Crippen LogP) is 2.61. The number of halogens is 1. The van der Waals surface area contributed by atoms with E-state index in [1.54, 1.807) is 19.1 Å². The molecule has 5 heteroatoms. The Kier molecular flexibility index (Phi) is 4.60. The summed E-state index contributed by atoms with van der Waals surface area (Å²) >= 11 is 4.77. The van der Waals surface area contributed by atoms with Crippen LogP contribution in [0.1, 0.15) is 16.6 Å². The number of carbonyl (C=O) groups is 1. The normalized spacial score (nSPS) is 12.3. The molecule has 0 aliphatic rings. The van der Waals surface area contributed by atoms with Gasteiger partial charge < -0.3 is 9.64 Å². The van der Waals surface area contributed by atoms with E-state index in [9.17, 15) is 4.79 Å². The van der Waals surface area contributed by atoms with Crippen LogP contribution in [-0.4, -0.2) is 36.3 Å². The maximum Gasteiger partial charge on any atom is 0.267 e. The largest absolute Gasteiger partial charge is 0.495 e. The van der Waals surface area contributed by atoms with Crippen molar-refractivity contribution in [2.24, 2.45) is 0 Å². The number of hydrogen-bond donors (Lipinski definition) is 0. The van der Waals surface area contributed by atoms with Crippen molar-refractivity contribution in [1.29, 1.82) is 0 Å². The van der Waals surface area contributed by atoms with E-state index in [0.29, 0.717) is 10.6 Å². The molecule has 84 valence electrons. The Balaban J connectivity index is 2.84. The maximum atomic E-state index is 12.0. The van der Waals surface area contributed by atoms with Crippen LogP contribution >= 0.6 is 27.3 Å². The molecule has 1 aromatic rings. The van der Waals surface area contributed by atoms with Crippen LogP contribution in [0.3, 0.4) is 0 Å². The lowest BCUT2D eigenvalue weighted by atomic mass is 10.3. The minimum atomic E-state index is 0.00815. The molecule has 1 rings (SSSR count). The Morgan fingerprint density at radius 1 is 1.73 bits per heavy atom. The van der Waals surface area contributed by atoms with E-state index in [1.165, 1.54) is 11.3 Å². The first-order valence-corrected chi connectivity index (χ1v) is 6.56. The second-order valence-electron chi connectivity index (χ2n) is 3.24. The molecule has 1 heterocycles. The molecule has 0 aliphatic heterocycles.